The van der Waals surface area contributed by atoms with Crippen molar-refractivity contribution in [3.8, 4) is 0 Å². The lowest BCUT2D eigenvalue weighted by Gasteiger charge is -2.37. The van der Waals surface area contributed by atoms with E-state index in [9.17, 15) is 18.4 Å². The van der Waals surface area contributed by atoms with Crippen molar-refractivity contribution in [2.75, 3.05) is 19.7 Å². The standard InChI is InChI=1S/C13H21F2NO5/c1-13(2,3)21-12(19)16-4-5-20-9(7-16)8(11(14)15)6-10(17)18/h8-9,11H,4-7H2,1-3H3,(H,17,18). The Kier molecular flexibility index (Phi) is 5.88. The van der Waals surface area contributed by atoms with Crippen molar-refractivity contribution in [2.24, 2.45) is 5.92 Å². The molecule has 1 aliphatic heterocycles. The van der Waals surface area contributed by atoms with Crippen LogP contribution in [-0.2, 0) is 14.3 Å². The summed E-state index contributed by atoms with van der Waals surface area (Å²) in [6, 6.07) is 0. The Balaban J connectivity index is 2.69. The number of rotatable bonds is 4. The molecule has 1 N–H and O–H groups in total. The van der Waals surface area contributed by atoms with Crippen LogP contribution in [0, 0.1) is 5.92 Å². The average Bonchev–Trinajstić information content (AvgIpc) is 2.33. The fourth-order valence-electron chi connectivity index (χ4n) is 2.01. The molecule has 0 aromatic carbocycles. The van der Waals surface area contributed by atoms with E-state index >= 15 is 0 Å². The van der Waals surface area contributed by atoms with Gasteiger partial charge in [-0.2, -0.15) is 0 Å². The number of carbonyl (C=O) groups excluding carboxylic acids is 1. The second-order valence-corrected chi connectivity index (χ2v) is 5.93. The summed E-state index contributed by atoms with van der Waals surface area (Å²) in [5.74, 6) is -2.77. The molecule has 0 saturated carbocycles. The molecule has 0 radical (unpaired) electrons. The topological polar surface area (TPSA) is 76.1 Å². The molecule has 0 aliphatic carbocycles. The number of halogens is 2. The molecular weight excluding hydrogens is 288 g/mol. The Morgan fingerprint density at radius 2 is 2.05 bits per heavy atom. The lowest BCUT2D eigenvalue weighted by Crippen LogP contribution is -2.51. The molecule has 1 amide bonds. The van der Waals surface area contributed by atoms with Crippen LogP contribution in [0.1, 0.15) is 27.2 Å². The largest absolute Gasteiger partial charge is 0.481 e. The Hall–Kier alpha value is -1.44. The highest BCUT2D eigenvalue weighted by atomic mass is 19.3. The van der Waals surface area contributed by atoms with Crippen LogP contribution >= 0.6 is 0 Å². The Morgan fingerprint density at radius 1 is 1.43 bits per heavy atom. The van der Waals surface area contributed by atoms with E-state index < -0.39 is 42.5 Å². The minimum Gasteiger partial charge on any atom is -0.481 e. The number of alkyl halides is 2. The highest BCUT2D eigenvalue weighted by Crippen LogP contribution is 2.24. The number of carboxylic acids is 1. The van der Waals surface area contributed by atoms with Gasteiger partial charge in [0, 0.05) is 6.54 Å². The Morgan fingerprint density at radius 3 is 2.52 bits per heavy atom. The highest BCUT2D eigenvalue weighted by Gasteiger charge is 2.37. The van der Waals surface area contributed by atoms with Gasteiger partial charge in [0.15, 0.2) is 0 Å². The number of hydrogen-bond donors (Lipinski definition) is 1. The third-order valence-electron chi connectivity index (χ3n) is 2.96. The SMILES string of the molecule is CC(C)(C)OC(=O)N1CCOC(C(CC(=O)O)C(F)F)C1. The van der Waals surface area contributed by atoms with Crippen molar-refractivity contribution in [1.82, 2.24) is 4.90 Å². The van der Waals surface area contributed by atoms with Crippen LogP contribution in [0.15, 0.2) is 0 Å². The molecule has 0 bridgehead atoms. The van der Waals surface area contributed by atoms with E-state index in [1.54, 1.807) is 20.8 Å². The van der Waals surface area contributed by atoms with Gasteiger partial charge in [0.1, 0.15) is 5.60 Å². The van der Waals surface area contributed by atoms with Gasteiger partial charge < -0.3 is 19.5 Å². The summed E-state index contributed by atoms with van der Waals surface area (Å²) in [7, 11) is 0. The van der Waals surface area contributed by atoms with E-state index in [0.29, 0.717) is 0 Å². The minimum atomic E-state index is -2.83. The molecule has 2 unspecified atom stereocenters. The zero-order valence-electron chi connectivity index (χ0n) is 12.3. The average molecular weight is 309 g/mol. The van der Waals surface area contributed by atoms with Gasteiger partial charge in [0.05, 0.1) is 31.6 Å². The van der Waals surface area contributed by atoms with Crippen LogP contribution in [0.2, 0.25) is 0 Å². The summed E-state index contributed by atoms with van der Waals surface area (Å²) >= 11 is 0. The number of carbonyl (C=O) groups is 2. The summed E-state index contributed by atoms with van der Waals surface area (Å²) in [6.45, 7) is 5.32. The predicted molar refractivity (Wildman–Crippen MR) is 69.3 cm³/mol. The molecule has 0 aromatic heterocycles. The molecule has 1 aliphatic rings. The summed E-state index contributed by atoms with van der Waals surface area (Å²) in [4.78, 5) is 23.9. The minimum absolute atomic E-state index is 0.0761. The van der Waals surface area contributed by atoms with E-state index in [1.165, 1.54) is 4.90 Å². The fraction of sp³-hybridized carbons (Fsp3) is 0.846. The van der Waals surface area contributed by atoms with E-state index in [0.717, 1.165) is 0 Å². The molecular formula is C13H21F2NO5. The van der Waals surface area contributed by atoms with Crippen molar-refractivity contribution in [2.45, 2.75) is 45.3 Å². The highest BCUT2D eigenvalue weighted by molar-refractivity contribution is 5.68. The number of aliphatic carboxylic acids is 1. The lowest BCUT2D eigenvalue weighted by molar-refractivity contribution is -0.145. The number of ether oxygens (including phenoxy) is 2. The normalized spacial score (nSPS) is 21.2. The van der Waals surface area contributed by atoms with Crippen molar-refractivity contribution in [3.05, 3.63) is 0 Å². The number of hydrogen-bond acceptors (Lipinski definition) is 4. The molecule has 6 nitrogen and oxygen atoms in total. The van der Waals surface area contributed by atoms with Crippen LogP contribution < -0.4 is 0 Å². The van der Waals surface area contributed by atoms with Crippen molar-refractivity contribution < 1.29 is 33.0 Å². The first-order valence-corrected chi connectivity index (χ1v) is 6.69. The van der Waals surface area contributed by atoms with Crippen molar-refractivity contribution in [3.63, 3.8) is 0 Å². The second-order valence-electron chi connectivity index (χ2n) is 5.93. The number of amides is 1. The maximum atomic E-state index is 13.0. The first kappa shape index (κ1) is 17.6. The van der Waals surface area contributed by atoms with Crippen LogP contribution in [0.5, 0.6) is 0 Å². The van der Waals surface area contributed by atoms with E-state index in [1.807, 2.05) is 0 Å². The van der Waals surface area contributed by atoms with E-state index in [4.69, 9.17) is 14.6 Å². The Labute approximate surface area is 122 Å². The maximum Gasteiger partial charge on any atom is 0.410 e. The monoisotopic (exact) mass is 309 g/mol. The van der Waals surface area contributed by atoms with Gasteiger partial charge in [-0.1, -0.05) is 0 Å². The van der Waals surface area contributed by atoms with Gasteiger partial charge >= 0.3 is 12.1 Å². The zero-order chi connectivity index (χ0) is 16.2. The third-order valence-corrected chi connectivity index (χ3v) is 2.96. The quantitative estimate of drug-likeness (QED) is 0.859. The fourth-order valence-corrected chi connectivity index (χ4v) is 2.01. The van der Waals surface area contributed by atoms with Gasteiger partial charge in [0.25, 0.3) is 0 Å². The van der Waals surface area contributed by atoms with Crippen molar-refractivity contribution >= 4 is 12.1 Å². The molecule has 21 heavy (non-hydrogen) atoms. The second kappa shape index (κ2) is 7.02. The first-order valence-electron chi connectivity index (χ1n) is 6.69. The number of morpholine rings is 1. The zero-order valence-corrected chi connectivity index (χ0v) is 12.3. The van der Waals surface area contributed by atoms with Gasteiger partial charge in [0.2, 0.25) is 6.43 Å². The number of carboxylic acid groups (broad SMARTS) is 1. The van der Waals surface area contributed by atoms with Gasteiger partial charge in [-0.15, -0.1) is 0 Å². The van der Waals surface area contributed by atoms with Gasteiger partial charge in [-0.05, 0) is 20.8 Å². The first-order chi connectivity index (χ1) is 9.60. The number of nitrogens with zero attached hydrogens (tertiary/aromatic N) is 1. The maximum absolute atomic E-state index is 13.0. The van der Waals surface area contributed by atoms with Crippen LogP contribution in [0.4, 0.5) is 13.6 Å². The Bertz CT molecular complexity index is 383. The molecule has 1 heterocycles. The van der Waals surface area contributed by atoms with E-state index in [2.05, 4.69) is 0 Å². The van der Waals surface area contributed by atoms with E-state index in [-0.39, 0.29) is 19.7 Å². The molecule has 8 heteroatoms. The van der Waals surface area contributed by atoms with Crippen molar-refractivity contribution in [1.29, 1.82) is 0 Å². The third kappa shape index (κ3) is 5.82. The molecule has 0 spiro atoms. The summed E-state index contributed by atoms with van der Waals surface area (Å²) in [5.41, 5.74) is -0.686. The summed E-state index contributed by atoms with van der Waals surface area (Å²) < 4.78 is 36.3. The summed E-state index contributed by atoms with van der Waals surface area (Å²) in [5, 5.41) is 8.70. The molecule has 1 fully saturated rings. The predicted octanol–water partition coefficient (Wildman–Crippen LogP) is 1.98. The smallest absolute Gasteiger partial charge is 0.410 e. The molecule has 1 saturated heterocycles. The lowest BCUT2D eigenvalue weighted by atomic mass is 9.97. The van der Waals surface area contributed by atoms with Crippen LogP contribution in [-0.4, -0.2) is 59.9 Å². The molecule has 0 aromatic rings. The molecule has 122 valence electrons. The van der Waals surface area contributed by atoms with Gasteiger partial charge in [-0.25, -0.2) is 13.6 Å². The van der Waals surface area contributed by atoms with Crippen LogP contribution in [0.3, 0.4) is 0 Å². The van der Waals surface area contributed by atoms with Gasteiger partial charge in [-0.3, -0.25) is 4.79 Å². The van der Waals surface area contributed by atoms with Crippen LogP contribution in [0.25, 0.3) is 0 Å². The molecule has 1 rings (SSSR count). The molecule has 2 atom stereocenters. The summed E-state index contributed by atoms with van der Waals surface area (Å²) in [6.07, 6.45) is -5.16.